The van der Waals surface area contributed by atoms with Crippen LogP contribution < -0.4 is 0 Å². The van der Waals surface area contributed by atoms with Gasteiger partial charge in [0.05, 0.1) is 11.6 Å². The first-order valence-corrected chi connectivity index (χ1v) is 21.4. The zero-order chi connectivity index (χ0) is 47.9. The van der Waals surface area contributed by atoms with Crippen LogP contribution in [0.1, 0.15) is 156 Å². The predicted molar refractivity (Wildman–Crippen MR) is 278 cm³/mol. The van der Waals surface area contributed by atoms with Gasteiger partial charge in [-0.05, 0) is 67.9 Å². The topological polar surface area (TPSA) is 125 Å². The maximum atomic E-state index is 8.97. The van der Waals surface area contributed by atoms with Crippen LogP contribution in [0.2, 0.25) is 0 Å². The number of nitrogens with one attached hydrogen (secondary N) is 2. The molecule has 2 aliphatic heterocycles. The quantitative estimate of drug-likeness (QED) is 0.152. The maximum absolute atomic E-state index is 8.97. The van der Waals surface area contributed by atoms with Crippen LogP contribution in [-0.2, 0) is 17.1 Å². The first-order valence-electron chi connectivity index (χ1n) is 21.4. The molecule has 341 valence electrons. The molecule has 2 N–H and O–H groups in total. The number of fused-ring (bicyclic) bond motifs is 6. The van der Waals surface area contributed by atoms with Gasteiger partial charge in [0, 0.05) is 29.1 Å². The molecule has 9 heteroatoms. The third-order valence-electron chi connectivity index (χ3n) is 7.47. The first kappa shape index (κ1) is 65.4. The Morgan fingerprint density at radius 1 is 0.597 bits per heavy atom. The van der Waals surface area contributed by atoms with Crippen molar-refractivity contribution in [3.63, 3.8) is 0 Å². The Morgan fingerprint density at radius 3 is 1.48 bits per heavy atom. The monoisotopic (exact) mass is 890 g/mol. The summed E-state index contributed by atoms with van der Waals surface area (Å²) >= 11 is 0. The molecule has 1 aromatic rings. The summed E-state index contributed by atoms with van der Waals surface area (Å²) in [4.78, 5) is 28.1. The van der Waals surface area contributed by atoms with Crippen LogP contribution in [0.3, 0.4) is 0 Å². The molecule has 1 aliphatic carbocycles. The van der Waals surface area contributed by atoms with Crippen molar-refractivity contribution in [2.24, 2.45) is 5.92 Å². The van der Waals surface area contributed by atoms with E-state index in [2.05, 4.69) is 68.5 Å². The molecule has 0 amide bonds. The second-order valence-corrected chi connectivity index (χ2v) is 10.8. The number of hydrogen-bond acceptors (Lipinski definition) is 6. The van der Waals surface area contributed by atoms with Gasteiger partial charge in [-0.1, -0.05) is 199 Å². The standard InChI is InChI=1S/C36H36N8.C5H8.5C2H6.C2H4.Cu/c1-8-13-15-28-23(7)33-41-31(37)26(11-4)24(10-3)20-39-35-29-18-16-22(6)17-19-30(29)36(44-35)42-32(38)27(12-5)25(14-9-2)21-40-34(28)43-33;1-3-5-4-2;6*1-2;/h8-14,16-22H,3-5,15H2,1-2,6-7H3,(H2-2,37,38,39,40,41,42,43,44);3-5H,1H2,2H3;5*1-2H3;1-2H2;/q-2;;;;;;;;+2/b13-8-,14-9-;5-4-;;;;;;;. The van der Waals surface area contributed by atoms with Gasteiger partial charge in [0.1, 0.15) is 0 Å². The molecule has 1 unspecified atom stereocenters. The predicted octanol–water partition coefficient (Wildman–Crippen LogP) is 17.6. The van der Waals surface area contributed by atoms with Crippen LogP contribution in [0.4, 0.5) is 11.6 Å². The zero-order valence-corrected chi connectivity index (χ0v) is 41.7. The van der Waals surface area contributed by atoms with Crippen molar-refractivity contribution < 1.29 is 17.1 Å². The summed E-state index contributed by atoms with van der Waals surface area (Å²) in [6.07, 6.45) is 29.9. The second-order valence-electron chi connectivity index (χ2n) is 10.8. The Kier molecular flexibility index (Phi) is 44.2. The van der Waals surface area contributed by atoms with E-state index in [1.165, 1.54) is 0 Å². The summed E-state index contributed by atoms with van der Waals surface area (Å²) in [5.41, 5.74) is 23.2. The average molecular weight is 891 g/mol. The summed E-state index contributed by atoms with van der Waals surface area (Å²) < 4.78 is 0. The van der Waals surface area contributed by atoms with Crippen LogP contribution in [-0.4, -0.2) is 29.9 Å². The SMILES string of the molecule is C=C.C=C/C=C\C.C=Cc1cnc2nc(nc([NH-])c(C=C)c(/C=C\C)cnc3nc(nc([NH-])c1C=C)C(C)=C3C/C=C\C)C1=C2C=CC(C)C=C1.CC.CC.CC.CC.CC.[Cu+2]. The molecule has 4 bridgehead atoms. The van der Waals surface area contributed by atoms with Crippen molar-refractivity contribution in [1.82, 2.24) is 29.9 Å². The third-order valence-corrected chi connectivity index (χ3v) is 7.47. The van der Waals surface area contributed by atoms with E-state index in [1.54, 1.807) is 36.7 Å². The van der Waals surface area contributed by atoms with E-state index in [0.29, 0.717) is 52.0 Å². The molecule has 1 aromatic heterocycles. The van der Waals surface area contributed by atoms with E-state index in [9.17, 15) is 0 Å². The Hall–Kier alpha value is -5.76. The maximum Gasteiger partial charge on any atom is 2.00 e. The smallest absolute Gasteiger partial charge is 0.482 e. The van der Waals surface area contributed by atoms with Crippen LogP contribution >= 0.6 is 0 Å². The molecular weight excluding hydrogens is 812 g/mol. The van der Waals surface area contributed by atoms with Crippen molar-refractivity contribution in [3.8, 4) is 0 Å². The fraction of sp³-hybridized carbons (Fsp3) is 0.321. The molecular formula is C53H78CuN8. The van der Waals surface area contributed by atoms with Crippen LogP contribution in [0.5, 0.6) is 0 Å². The van der Waals surface area contributed by atoms with Gasteiger partial charge in [-0.3, -0.25) is 0 Å². The fourth-order valence-corrected chi connectivity index (χ4v) is 4.83. The van der Waals surface area contributed by atoms with Crippen molar-refractivity contribution in [1.29, 1.82) is 0 Å². The molecule has 4 rings (SSSR count). The molecule has 0 spiro atoms. The van der Waals surface area contributed by atoms with Gasteiger partial charge >= 0.3 is 17.1 Å². The minimum absolute atomic E-state index is 0. The van der Waals surface area contributed by atoms with Crippen LogP contribution in [0.25, 0.3) is 58.1 Å². The minimum Gasteiger partial charge on any atom is -0.482 e. The van der Waals surface area contributed by atoms with Crippen molar-refractivity contribution >= 4 is 58.2 Å². The van der Waals surface area contributed by atoms with Gasteiger partial charge in [0.25, 0.3) is 0 Å². The molecule has 3 heterocycles. The molecule has 0 saturated carbocycles. The number of rotatable bonds is 7. The second kappa shape index (κ2) is 42.0. The van der Waals surface area contributed by atoms with Crippen LogP contribution in [0.15, 0.2) is 113 Å². The van der Waals surface area contributed by atoms with E-state index in [-0.39, 0.29) is 34.6 Å². The van der Waals surface area contributed by atoms with E-state index in [0.717, 1.165) is 22.3 Å². The number of allylic oxidation sites excluding steroid dienone is 14. The molecule has 62 heavy (non-hydrogen) atoms. The van der Waals surface area contributed by atoms with Crippen molar-refractivity contribution in [2.75, 3.05) is 0 Å². The Bertz CT molecular complexity index is 1960. The summed E-state index contributed by atoms with van der Waals surface area (Å²) in [7, 11) is 0. The summed E-state index contributed by atoms with van der Waals surface area (Å²) in [5.74, 6) is 1.82. The minimum atomic E-state index is -0.0327. The molecule has 0 aromatic carbocycles. The molecule has 8 nitrogen and oxygen atoms in total. The summed E-state index contributed by atoms with van der Waals surface area (Å²) in [5, 5.41) is 0. The van der Waals surface area contributed by atoms with E-state index >= 15 is 0 Å². The normalized spacial score (nSPS) is 12.3. The molecule has 1 atom stereocenters. The van der Waals surface area contributed by atoms with Gasteiger partial charge < -0.3 is 21.4 Å². The molecule has 3 aliphatic rings. The molecule has 0 saturated heterocycles. The van der Waals surface area contributed by atoms with Crippen molar-refractivity contribution in [2.45, 2.75) is 110 Å². The Morgan fingerprint density at radius 2 is 1.05 bits per heavy atom. The van der Waals surface area contributed by atoms with Crippen LogP contribution in [0, 0.1) is 5.92 Å². The largest absolute Gasteiger partial charge is 2.00 e. The number of hydrogen-bond donors (Lipinski definition) is 0. The number of aromatic nitrogens is 6. The van der Waals surface area contributed by atoms with Crippen molar-refractivity contribution in [3.05, 3.63) is 170 Å². The van der Waals surface area contributed by atoms with E-state index in [4.69, 9.17) is 31.4 Å². The number of nitrogens with zero attached hydrogens (tertiary/aromatic N) is 6. The Balaban J connectivity index is -0.000000528. The molecule has 1 radical (unpaired) electrons. The summed E-state index contributed by atoms with van der Waals surface area (Å²) in [6, 6.07) is 0. The van der Waals surface area contributed by atoms with Gasteiger partial charge in [-0.15, -0.1) is 13.2 Å². The average Bonchev–Trinajstić information content (AvgIpc) is 3.70. The zero-order valence-electron chi connectivity index (χ0n) is 40.7. The van der Waals surface area contributed by atoms with E-state index in [1.807, 2.05) is 146 Å². The van der Waals surface area contributed by atoms with Gasteiger partial charge in [-0.2, -0.15) is 0 Å². The fourth-order valence-electron chi connectivity index (χ4n) is 4.83. The van der Waals surface area contributed by atoms with Gasteiger partial charge in [0.2, 0.25) is 0 Å². The van der Waals surface area contributed by atoms with Gasteiger partial charge in [0.15, 0.2) is 11.6 Å². The summed E-state index contributed by atoms with van der Waals surface area (Å²) in [6.45, 7) is 51.1. The molecule has 0 fully saturated rings. The van der Waals surface area contributed by atoms with Gasteiger partial charge in [-0.25, -0.2) is 19.9 Å². The van der Waals surface area contributed by atoms with E-state index < -0.39 is 0 Å². The Labute approximate surface area is 389 Å². The third kappa shape index (κ3) is 21.2. The first-order chi connectivity index (χ1) is 29.7.